The third-order valence-corrected chi connectivity index (χ3v) is 6.32. The lowest BCUT2D eigenvalue weighted by molar-refractivity contribution is 0.0832. The molecule has 0 radical (unpaired) electrons. The SMILES string of the molecule is CCNCc1scc(C)c1S(=O)(=O)NC1CCOCC1. The molecule has 0 atom stereocenters. The minimum absolute atomic E-state index is 0.0139. The summed E-state index contributed by atoms with van der Waals surface area (Å²) < 4.78 is 33.3. The van der Waals surface area contributed by atoms with E-state index in [0.717, 1.165) is 29.8 Å². The van der Waals surface area contributed by atoms with Crippen LogP contribution < -0.4 is 10.0 Å². The largest absolute Gasteiger partial charge is 0.381 e. The van der Waals surface area contributed by atoms with E-state index in [1.54, 1.807) is 0 Å². The molecule has 0 aromatic carbocycles. The zero-order valence-electron chi connectivity index (χ0n) is 11.9. The summed E-state index contributed by atoms with van der Waals surface area (Å²) in [6.07, 6.45) is 1.48. The third kappa shape index (κ3) is 3.79. The molecule has 1 aromatic heterocycles. The Kier molecular flexibility index (Phi) is 5.57. The van der Waals surface area contributed by atoms with Gasteiger partial charge in [0.1, 0.15) is 4.90 Å². The molecule has 1 aromatic rings. The summed E-state index contributed by atoms with van der Waals surface area (Å²) in [5, 5.41) is 5.10. The Labute approximate surface area is 124 Å². The van der Waals surface area contributed by atoms with Crippen molar-refractivity contribution in [2.24, 2.45) is 0 Å². The average molecular weight is 318 g/mol. The van der Waals surface area contributed by atoms with Crippen LogP contribution in [-0.2, 0) is 21.3 Å². The van der Waals surface area contributed by atoms with Gasteiger partial charge in [-0.2, -0.15) is 0 Å². The van der Waals surface area contributed by atoms with Crippen molar-refractivity contribution in [2.45, 2.75) is 44.2 Å². The lowest BCUT2D eigenvalue weighted by Gasteiger charge is -2.23. The van der Waals surface area contributed by atoms with Gasteiger partial charge in [-0.1, -0.05) is 6.92 Å². The molecule has 1 fully saturated rings. The number of hydrogen-bond acceptors (Lipinski definition) is 5. The van der Waals surface area contributed by atoms with Crippen LogP contribution >= 0.6 is 11.3 Å². The summed E-state index contributed by atoms with van der Waals surface area (Å²) >= 11 is 1.50. The van der Waals surface area contributed by atoms with Crippen molar-refractivity contribution in [2.75, 3.05) is 19.8 Å². The molecule has 2 N–H and O–H groups in total. The van der Waals surface area contributed by atoms with Crippen molar-refractivity contribution >= 4 is 21.4 Å². The molecule has 20 heavy (non-hydrogen) atoms. The molecule has 0 spiro atoms. The molecule has 114 valence electrons. The Bertz CT molecular complexity index is 534. The minimum Gasteiger partial charge on any atom is -0.381 e. The first-order valence-corrected chi connectivity index (χ1v) is 9.28. The monoisotopic (exact) mass is 318 g/mol. The maximum atomic E-state index is 12.6. The Morgan fingerprint density at radius 3 is 2.75 bits per heavy atom. The van der Waals surface area contributed by atoms with Crippen LogP contribution in [0.3, 0.4) is 0 Å². The topological polar surface area (TPSA) is 67.4 Å². The van der Waals surface area contributed by atoms with E-state index in [9.17, 15) is 8.42 Å². The van der Waals surface area contributed by atoms with Gasteiger partial charge in [0, 0.05) is 30.7 Å². The quantitative estimate of drug-likeness (QED) is 0.836. The number of aryl methyl sites for hydroxylation is 1. The molecule has 0 saturated carbocycles. The molecular weight excluding hydrogens is 296 g/mol. The van der Waals surface area contributed by atoms with Gasteiger partial charge >= 0.3 is 0 Å². The highest BCUT2D eigenvalue weighted by Gasteiger charge is 2.26. The predicted molar refractivity (Wildman–Crippen MR) is 80.6 cm³/mol. The van der Waals surface area contributed by atoms with Crippen LogP contribution in [0.2, 0.25) is 0 Å². The first kappa shape index (κ1) is 15.9. The van der Waals surface area contributed by atoms with E-state index >= 15 is 0 Å². The van der Waals surface area contributed by atoms with Gasteiger partial charge in [0.25, 0.3) is 0 Å². The fourth-order valence-corrected chi connectivity index (χ4v) is 5.39. The number of nitrogens with one attached hydrogen (secondary N) is 2. The van der Waals surface area contributed by atoms with Crippen molar-refractivity contribution in [3.63, 3.8) is 0 Å². The maximum Gasteiger partial charge on any atom is 0.242 e. The highest BCUT2D eigenvalue weighted by molar-refractivity contribution is 7.89. The van der Waals surface area contributed by atoms with Crippen LogP contribution in [0, 0.1) is 6.92 Å². The van der Waals surface area contributed by atoms with Crippen molar-refractivity contribution in [3.8, 4) is 0 Å². The van der Waals surface area contributed by atoms with E-state index in [4.69, 9.17) is 4.74 Å². The number of thiophene rings is 1. The van der Waals surface area contributed by atoms with E-state index in [2.05, 4.69) is 10.0 Å². The molecule has 2 heterocycles. The Morgan fingerprint density at radius 2 is 2.10 bits per heavy atom. The summed E-state index contributed by atoms with van der Waals surface area (Å²) in [6, 6.07) is -0.0139. The number of sulfonamides is 1. The van der Waals surface area contributed by atoms with Crippen molar-refractivity contribution in [1.82, 2.24) is 10.0 Å². The highest BCUT2D eigenvalue weighted by Crippen LogP contribution is 2.27. The molecular formula is C13H22N2O3S2. The van der Waals surface area contributed by atoms with Crippen molar-refractivity contribution in [3.05, 3.63) is 15.8 Å². The summed E-state index contributed by atoms with van der Waals surface area (Å²) in [5.74, 6) is 0. The molecule has 5 nitrogen and oxygen atoms in total. The predicted octanol–water partition coefficient (Wildman–Crippen LogP) is 1.62. The van der Waals surface area contributed by atoms with Crippen molar-refractivity contribution in [1.29, 1.82) is 0 Å². The lowest BCUT2D eigenvalue weighted by atomic mass is 10.1. The number of ether oxygens (including phenoxy) is 1. The average Bonchev–Trinajstić information content (AvgIpc) is 2.79. The minimum atomic E-state index is -3.44. The van der Waals surface area contributed by atoms with Crippen molar-refractivity contribution < 1.29 is 13.2 Å². The molecule has 0 unspecified atom stereocenters. The smallest absolute Gasteiger partial charge is 0.242 e. The van der Waals surface area contributed by atoms with Crippen LogP contribution in [0.25, 0.3) is 0 Å². The molecule has 7 heteroatoms. The van der Waals surface area contributed by atoms with Gasteiger partial charge in [-0.3, -0.25) is 0 Å². The van der Waals surface area contributed by atoms with Gasteiger partial charge in [0.2, 0.25) is 10.0 Å². The summed E-state index contributed by atoms with van der Waals surface area (Å²) in [7, 11) is -3.44. The fraction of sp³-hybridized carbons (Fsp3) is 0.692. The Balaban J connectivity index is 2.17. The van der Waals surface area contributed by atoms with Gasteiger partial charge in [0.15, 0.2) is 0 Å². The summed E-state index contributed by atoms with van der Waals surface area (Å²) in [5.41, 5.74) is 0.822. The standard InChI is InChI=1S/C13H22N2O3S2/c1-3-14-8-12-13(10(2)9-19-12)20(16,17)15-11-4-6-18-7-5-11/h9,11,14-15H,3-8H2,1-2H3. The zero-order valence-corrected chi connectivity index (χ0v) is 13.6. The van der Waals surface area contributed by atoms with Crippen LogP contribution in [0.5, 0.6) is 0 Å². The first-order valence-electron chi connectivity index (χ1n) is 6.92. The Morgan fingerprint density at radius 1 is 1.40 bits per heavy atom. The van der Waals surface area contributed by atoms with E-state index in [0.29, 0.717) is 24.7 Å². The van der Waals surface area contributed by atoms with Crippen LogP contribution in [0.4, 0.5) is 0 Å². The van der Waals surface area contributed by atoms with Gasteiger partial charge < -0.3 is 10.1 Å². The molecule has 1 aliphatic rings. The second-order valence-corrected chi connectivity index (χ2v) is 7.57. The molecule has 1 aliphatic heterocycles. The normalized spacial score (nSPS) is 17.5. The number of rotatable bonds is 6. The second-order valence-electron chi connectivity index (χ2n) is 4.96. The molecule has 0 bridgehead atoms. The van der Waals surface area contributed by atoms with E-state index in [1.807, 2.05) is 19.2 Å². The van der Waals surface area contributed by atoms with Gasteiger partial charge in [-0.15, -0.1) is 11.3 Å². The Hall–Kier alpha value is -0.470. The number of hydrogen-bond donors (Lipinski definition) is 2. The second kappa shape index (κ2) is 7.00. The molecule has 1 saturated heterocycles. The van der Waals surface area contributed by atoms with Crippen LogP contribution in [-0.4, -0.2) is 34.2 Å². The third-order valence-electron chi connectivity index (χ3n) is 3.34. The highest BCUT2D eigenvalue weighted by atomic mass is 32.2. The van der Waals surface area contributed by atoms with Gasteiger partial charge in [-0.05, 0) is 37.3 Å². The maximum absolute atomic E-state index is 12.6. The zero-order chi connectivity index (χ0) is 14.6. The summed E-state index contributed by atoms with van der Waals surface area (Å²) in [4.78, 5) is 1.33. The van der Waals surface area contributed by atoms with E-state index < -0.39 is 10.0 Å². The van der Waals surface area contributed by atoms with E-state index in [1.165, 1.54) is 11.3 Å². The fourth-order valence-electron chi connectivity index (χ4n) is 2.30. The van der Waals surface area contributed by atoms with Crippen LogP contribution in [0.15, 0.2) is 10.3 Å². The first-order chi connectivity index (χ1) is 9.54. The van der Waals surface area contributed by atoms with Gasteiger partial charge in [0.05, 0.1) is 0 Å². The molecule has 2 rings (SSSR count). The molecule has 0 amide bonds. The van der Waals surface area contributed by atoms with Gasteiger partial charge in [-0.25, -0.2) is 13.1 Å². The summed E-state index contributed by atoms with van der Waals surface area (Å²) in [6.45, 7) is 6.53. The van der Waals surface area contributed by atoms with E-state index in [-0.39, 0.29) is 6.04 Å². The van der Waals surface area contributed by atoms with Crippen LogP contribution in [0.1, 0.15) is 30.2 Å². The lowest BCUT2D eigenvalue weighted by Crippen LogP contribution is -2.39. The molecule has 0 aliphatic carbocycles.